The van der Waals surface area contributed by atoms with Crippen LogP contribution < -0.4 is 19.7 Å². The first-order chi connectivity index (χ1) is 14.2. The molecule has 1 saturated heterocycles. The molecule has 0 spiro atoms. The molecule has 0 aliphatic carbocycles. The SMILES string of the molecule is CCOc1ccccc1OCCCC(=O)Nc1cc(Br)ccc1N1CCOCC1. The van der Waals surface area contributed by atoms with Crippen LogP contribution in [0.15, 0.2) is 46.9 Å². The van der Waals surface area contributed by atoms with Crippen LogP contribution in [0.2, 0.25) is 0 Å². The Bertz CT molecular complexity index is 809. The molecule has 3 rings (SSSR count). The van der Waals surface area contributed by atoms with E-state index < -0.39 is 0 Å². The van der Waals surface area contributed by atoms with Crippen molar-refractivity contribution in [2.24, 2.45) is 0 Å². The average Bonchev–Trinajstić information content (AvgIpc) is 2.73. The number of hydrogen-bond acceptors (Lipinski definition) is 5. The molecule has 1 amide bonds. The van der Waals surface area contributed by atoms with Crippen LogP contribution >= 0.6 is 15.9 Å². The summed E-state index contributed by atoms with van der Waals surface area (Å²) in [6, 6.07) is 13.5. The Balaban J connectivity index is 1.51. The van der Waals surface area contributed by atoms with Gasteiger partial charge in [0.25, 0.3) is 0 Å². The molecule has 6 nitrogen and oxygen atoms in total. The van der Waals surface area contributed by atoms with Crippen molar-refractivity contribution in [3.8, 4) is 11.5 Å². The number of amides is 1. The van der Waals surface area contributed by atoms with Gasteiger partial charge < -0.3 is 24.4 Å². The molecular formula is C22H27BrN2O4. The first-order valence-corrected chi connectivity index (χ1v) is 10.7. The van der Waals surface area contributed by atoms with E-state index in [0.717, 1.165) is 34.7 Å². The van der Waals surface area contributed by atoms with Crippen molar-refractivity contribution in [3.05, 3.63) is 46.9 Å². The third-order valence-corrected chi connectivity index (χ3v) is 5.03. The Hall–Kier alpha value is -2.25. The number of morpholine rings is 1. The van der Waals surface area contributed by atoms with Gasteiger partial charge in [-0.2, -0.15) is 0 Å². The summed E-state index contributed by atoms with van der Waals surface area (Å²) < 4.78 is 17.7. The smallest absolute Gasteiger partial charge is 0.224 e. The molecule has 156 valence electrons. The second-order valence-corrected chi connectivity index (χ2v) is 7.56. The second kappa shape index (κ2) is 11.1. The number of benzene rings is 2. The lowest BCUT2D eigenvalue weighted by Crippen LogP contribution is -2.36. The zero-order valence-corrected chi connectivity index (χ0v) is 18.2. The van der Waals surface area contributed by atoms with Crippen molar-refractivity contribution in [3.63, 3.8) is 0 Å². The van der Waals surface area contributed by atoms with E-state index in [-0.39, 0.29) is 5.91 Å². The minimum atomic E-state index is -0.0284. The monoisotopic (exact) mass is 462 g/mol. The number of anilines is 2. The molecule has 2 aromatic carbocycles. The van der Waals surface area contributed by atoms with Crippen molar-refractivity contribution < 1.29 is 19.0 Å². The maximum atomic E-state index is 12.5. The van der Waals surface area contributed by atoms with Crippen LogP contribution in [0.5, 0.6) is 11.5 Å². The molecule has 2 aromatic rings. The largest absolute Gasteiger partial charge is 0.490 e. The molecule has 0 bridgehead atoms. The predicted octanol–water partition coefficient (Wildman–Crippen LogP) is 4.48. The highest BCUT2D eigenvalue weighted by Crippen LogP contribution is 2.30. The number of para-hydroxylation sites is 2. The van der Waals surface area contributed by atoms with Crippen LogP contribution in [0.3, 0.4) is 0 Å². The molecule has 0 radical (unpaired) electrons. The molecule has 1 heterocycles. The molecule has 0 aromatic heterocycles. The summed E-state index contributed by atoms with van der Waals surface area (Å²) in [4.78, 5) is 14.7. The van der Waals surface area contributed by atoms with Crippen LogP contribution in [-0.4, -0.2) is 45.4 Å². The minimum Gasteiger partial charge on any atom is -0.490 e. The van der Waals surface area contributed by atoms with Crippen LogP contribution in [0, 0.1) is 0 Å². The van der Waals surface area contributed by atoms with E-state index in [4.69, 9.17) is 14.2 Å². The summed E-state index contributed by atoms with van der Waals surface area (Å²) in [6.45, 7) is 6.00. The van der Waals surface area contributed by atoms with E-state index in [1.807, 2.05) is 49.4 Å². The number of nitrogens with zero attached hydrogens (tertiary/aromatic N) is 1. The molecular weight excluding hydrogens is 436 g/mol. The van der Waals surface area contributed by atoms with Gasteiger partial charge in [-0.1, -0.05) is 28.1 Å². The first-order valence-electron chi connectivity index (χ1n) is 9.94. The van der Waals surface area contributed by atoms with Gasteiger partial charge in [0, 0.05) is 24.0 Å². The quantitative estimate of drug-likeness (QED) is 0.556. The lowest BCUT2D eigenvalue weighted by atomic mass is 10.2. The lowest BCUT2D eigenvalue weighted by molar-refractivity contribution is -0.116. The van der Waals surface area contributed by atoms with Crippen LogP contribution in [0.1, 0.15) is 19.8 Å². The van der Waals surface area contributed by atoms with Gasteiger partial charge in [-0.25, -0.2) is 0 Å². The Morgan fingerprint density at radius 2 is 1.86 bits per heavy atom. The van der Waals surface area contributed by atoms with Crippen LogP contribution in [-0.2, 0) is 9.53 Å². The molecule has 0 saturated carbocycles. The fraction of sp³-hybridized carbons (Fsp3) is 0.409. The molecule has 29 heavy (non-hydrogen) atoms. The maximum absolute atomic E-state index is 12.5. The lowest BCUT2D eigenvalue weighted by Gasteiger charge is -2.30. The molecule has 7 heteroatoms. The van der Waals surface area contributed by atoms with E-state index in [1.165, 1.54) is 0 Å². The molecule has 0 atom stereocenters. The zero-order valence-electron chi connectivity index (χ0n) is 16.7. The van der Waals surface area contributed by atoms with Crippen molar-refractivity contribution in [1.82, 2.24) is 0 Å². The Labute approximate surface area is 180 Å². The van der Waals surface area contributed by atoms with Gasteiger partial charge in [0.15, 0.2) is 11.5 Å². The van der Waals surface area contributed by atoms with Crippen molar-refractivity contribution >= 4 is 33.2 Å². The third-order valence-electron chi connectivity index (χ3n) is 4.54. The van der Waals surface area contributed by atoms with Crippen LogP contribution in [0.25, 0.3) is 0 Å². The van der Waals surface area contributed by atoms with Gasteiger partial charge in [0.1, 0.15) is 0 Å². The topological polar surface area (TPSA) is 60.0 Å². The highest BCUT2D eigenvalue weighted by atomic mass is 79.9. The average molecular weight is 463 g/mol. The fourth-order valence-electron chi connectivity index (χ4n) is 3.16. The van der Waals surface area contributed by atoms with Gasteiger partial charge >= 0.3 is 0 Å². The third kappa shape index (κ3) is 6.37. The number of hydrogen-bond donors (Lipinski definition) is 1. The second-order valence-electron chi connectivity index (χ2n) is 6.64. The van der Waals surface area contributed by atoms with Crippen molar-refractivity contribution in [2.75, 3.05) is 49.7 Å². The van der Waals surface area contributed by atoms with Crippen LogP contribution in [0.4, 0.5) is 11.4 Å². The van der Waals surface area contributed by atoms with Gasteiger partial charge in [0.2, 0.25) is 5.91 Å². The summed E-state index contributed by atoms with van der Waals surface area (Å²) >= 11 is 3.49. The first kappa shape index (κ1) is 21.5. The molecule has 1 aliphatic rings. The Morgan fingerprint density at radius 1 is 1.14 bits per heavy atom. The van der Waals surface area contributed by atoms with Gasteiger partial charge in [0.05, 0.1) is 37.8 Å². The summed E-state index contributed by atoms with van der Waals surface area (Å²) in [5.41, 5.74) is 1.83. The number of nitrogens with one attached hydrogen (secondary N) is 1. The highest BCUT2D eigenvalue weighted by molar-refractivity contribution is 9.10. The van der Waals surface area contributed by atoms with E-state index in [9.17, 15) is 4.79 Å². The highest BCUT2D eigenvalue weighted by Gasteiger charge is 2.16. The normalized spacial score (nSPS) is 13.8. The number of halogens is 1. The van der Waals surface area contributed by atoms with E-state index >= 15 is 0 Å². The number of carbonyl (C=O) groups excluding carboxylic acids is 1. The minimum absolute atomic E-state index is 0.0284. The number of rotatable bonds is 9. The van der Waals surface area contributed by atoms with Gasteiger partial charge in [-0.3, -0.25) is 4.79 Å². The molecule has 1 aliphatic heterocycles. The fourth-order valence-corrected chi connectivity index (χ4v) is 3.52. The van der Waals surface area contributed by atoms with E-state index in [1.54, 1.807) is 0 Å². The van der Waals surface area contributed by atoms with E-state index in [0.29, 0.717) is 45.0 Å². The Morgan fingerprint density at radius 3 is 2.59 bits per heavy atom. The van der Waals surface area contributed by atoms with Crippen molar-refractivity contribution in [2.45, 2.75) is 19.8 Å². The summed E-state index contributed by atoms with van der Waals surface area (Å²) in [6.07, 6.45) is 0.999. The van der Waals surface area contributed by atoms with E-state index in [2.05, 4.69) is 26.1 Å². The molecule has 1 N–H and O–H groups in total. The molecule has 1 fully saturated rings. The predicted molar refractivity (Wildman–Crippen MR) is 118 cm³/mol. The summed E-state index contributed by atoms with van der Waals surface area (Å²) in [7, 11) is 0. The zero-order chi connectivity index (χ0) is 20.5. The summed E-state index contributed by atoms with van der Waals surface area (Å²) in [5, 5.41) is 3.05. The van der Waals surface area contributed by atoms with Gasteiger partial charge in [-0.15, -0.1) is 0 Å². The standard InChI is InChI=1S/C22H27BrN2O4/c1-2-28-20-6-3-4-7-21(20)29-13-5-8-22(26)24-18-16-17(23)9-10-19(18)25-11-14-27-15-12-25/h3-4,6-7,9-10,16H,2,5,8,11-15H2,1H3,(H,24,26). The molecule has 0 unspecified atom stereocenters. The summed E-state index contributed by atoms with van der Waals surface area (Å²) in [5.74, 6) is 1.40. The van der Waals surface area contributed by atoms with Gasteiger partial charge in [-0.05, 0) is 43.7 Å². The Kier molecular flexibility index (Phi) is 8.19. The number of carbonyl (C=O) groups is 1. The number of ether oxygens (including phenoxy) is 3. The van der Waals surface area contributed by atoms with Crippen molar-refractivity contribution in [1.29, 1.82) is 0 Å². The maximum Gasteiger partial charge on any atom is 0.224 e.